The van der Waals surface area contributed by atoms with Crippen molar-refractivity contribution in [1.82, 2.24) is 4.67 Å². The van der Waals surface area contributed by atoms with Crippen LogP contribution in [0, 0.1) is 0 Å². The Morgan fingerprint density at radius 1 is 0.913 bits per heavy atom. The standard InChI is InChI=1S/C19H24N2OSi/c1-21(23(2)3)20-18(16-10-6-4-7-11-16)14-15-19(22)17-12-8-5-9-13-17/h4-13,23H,14-15H2,1-3H3. The Labute approximate surface area is 140 Å². The lowest BCUT2D eigenvalue weighted by Crippen LogP contribution is -2.26. The smallest absolute Gasteiger partial charge is 0.163 e. The van der Waals surface area contributed by atoms with Crippen molar-refractivity contribution >= 4 is 20.5 Å². The molecule has 23 heavy (non-hydrogen) atoms. The minimum Gasteiger partial charge on any atom is -0.331 e. The van der Waals surface area contributed by atoms with Crippen LogP contribution in [0.1, 0.15) is 28.8 Å². The molecular weight excluding hydrogens is 300 g/mol. The highest BCUT2D eigenvalue weighted by Gasteiger charge is 2.11. The van der Waals surface area contributed by atoms with E-state index in [1.54, 1.807) is 0 Å². The Bertz CT molecular complexity index is 654. The molecule has 0 amide bonds. The predicted molar refractivity (Wildman–Crippen MR) is 99.6 cm³/mol. The van der Waals surface area contributed by atoms with Crippen molar-refractivity contribution in [3.05, 3.63) is 71.8 Å². The number of ketones is 1. The van der Waals surface area contributed by atoms with Crippen LogP contribution in [0.25, 0.3) is 0 Å². The van der Waals surface area contributed by atoms with Gasteiger partial charge in [0.25, 0.3) is 0 Å². The van der Waals surface area contributed by atoms with Gasteiger partial charge in [0.2, 0.25) is 0 Å². The Morgan fingerprint density at radius 2 is 1.43 bits per heavy atom. The third kappa shape index (κ3) is 5.18. The van der Waals surface area contributed by atoms with Crippen LogP contribution in [0.3, 0.4) is 0 Å². The molecule has 0 heterocycles. The highest BCUT2D eigenvalue weighted by molar-refractivity contribution is 6.52. The molecule has 3 nitrogen and oxygen atoms in total. The van der Waals surface area contributed by atoms with Crippen LogP contribution in [-0.4, -0.2) is 32.2 Å². The summed E-state index contributed by atoms with van der Waals surface area (Å²) in [7, 11) is 1.03. The Morgan fingerprint density at radius 3 is 1.96 bits per heavy atom. The van der Waals surface area contributed by atoms with Crippen molar-refractivity contribution in [3.8, 4) is 0 Å². The normalized spacial score (nSPS) is 11.6. The van der Waals surface area contributed by atoms with Crippen molar-refractivity contribution in [2.45, 2.75) is 25.9 Å². The summed E-state index contributed by atoms with van der Waals surface area (Å²) < 4.78 is 2.08. The van der Waals surface area contributed by atoms with E-state index in [1.165, 1.54) is 0 Å². The molecule has 0 saturated heterocycles. The molecule has 0 unspecified atom stereocenters. The maximum absolute atomic E-state index is 12.3. The first kappa shape index (κ1) is 17.2. The number of rotatable bonds is 7. The van der Waals surface area contributed by atoms with E-state index in [1.807, 2.05) is 55.6 Å². The van der Waals surface area contributed by atoms with Crippen LogP contribution < -0.4 is 0 Å². The highest BCUT2D eigenvalue weighted by Crippen LogP contribution is 2.12. The number of nitrogens with zero attached hydrogens (tertiary/aromatic N) is 2. The first-order valence-electron chi connectivity index (χ1n) is 8.02. The van der Waals surface area contributed by atoms with Crippen LogP contribution in [0.15, 0.2) is 65.8 Å². The molecule has 0 aliphatic carbocycles. The molecular formula is C19H24N2OSi. The number of hydrogen-bond acceptors (Lipinski definition) is 3. The summed E-state index contributed by atoms with van der Waals surface area (Å²) in [5.74, 6) is 0.165. The fraction of sp³-hybridized carbons (Fsp3) is 0.263. The second-order valence-electron chi connectivity index (χ2n) is 5.87. The third-order valence-electron chi connectivity index (χ3n) is 3.82. The van der Waals surface area contributed by atoms with E-state index >= 15 is 0 Å². The van der Waals surface area contributed by atoms with Gasteiger partial charge >= 0.3 is 0 Å². The fourth-order valence-corrected chi connectivity index (χ4v) is 2.56. The molecule has 0 saturated carbocycles. The van der Waals surface area contributed by atoms with E-state index in [-0.39, 0.29) is 5.78 Å². The van der Waals surface area contributed by atoms with E-state index < -0.39 is 8.96 Å². The number of hydrazone groups is 1. The van der Waals surface area contributed by atoms with E-state index in [0.29, 0.717) is 12.8 Å². The molecule has 120 valence electrons. The average Bonchev–Trinajstić information content (AvgIpc) is 2.59. The van der Waals surface area contributed by atoms with E-state index in [4.69, 9.17) is 5.10 Å². The quantitative estimate of drug-likeness (QED) is 0.334. The lowest BCUT2D eigenvalue weighted by molar-refractivity contribution is 0.0985. The van der Waals surface area contributed by atoms with Crippen molar-refractivity contribution < 1.29 is 4.79 Å². The van der Waals surface area contributed by atoms with Gasteiger partial charge in [-0.25, -0.2) is 0 Å². The Balaban J connectivity index is 2.14. The minimum absolute atomic E-state index is 0.165. The van der Waals surface area contributed by atoms with Gasteiger partial charge < -0.3 is 4.67 Å². The van der Waals surface area contributed by atoms with Crippen molar-refractivity contribution in [1.29, 1.82) is 0 Å². The molecule has 0 aliphatic rings. The number of Topliss-reactive ketones (excluding diaryl/α,β-unsaturated/α-hetero) is 1. The largest absolute Gasteiger partial charge is 0.331 e. The first-order chi connectivity index (χ1) is 11.1. The van der Waals surface area contributed by atoms with E-state index in [9.17, 15) is 4.79 Å². The molecule has 0 bridgehead atoms. The monoisotopic (exact) mass is 324 g/mol. The van der Waals surface area contributed by atoms with Gasteiger partial charge in [-0.1, -0.05) is 73.8 Å². The van der Waals surface area contributed by atoms with Crippen LogP contribution in [-0.2, 0) is 0 Å². The molecule has 2 aromatic rings. The van der Waals surface area contributed by atoms with Crippen LogP contribution >= 0.6 is 0 Å². The maximum atomic E-state index is 12.3. The summed E-state index contributed by atoms with van der Waals surface area (Å²) in [4.78, 5) is 12.3. The second-order valence-corrected chi connectivity index (χ2v) is 8.80. The van der Waals surface area contributed by atoms with Crippen LogP contribution in [0.5, 0.6) is 0 Å². The van der Waals surface area contributed by atoms with Crippen LogP contribution in [0.2, 0.25) is 13.1 Å². The molecule has 0 aromatic heterocycles. The first-order valence-corrected chi connectivity index (χ1v) is 10.8. The Kier molecular flexibility index (Phi) is 6.29. The lowest BCUT2D eigenvalue weighted by atomic mass is 10.0. The Hall–Kier alpha value is -2.20. The zero-order valence-electron chi connectivity index (χ0n) is 14.1. The molecule has 0 aliphatic heterocycles. The zero-order valence-corrected chi connectivity index (χ0v) is 15.2. The number of carbonyl (C=O) groups excluding carboxylic acids is 1. The van der Waals surface area contributed by atoms with Crippen molar-refractivity contribution in [2.24, 2.45) is 5.10 Å². The van der Waals surface area contributed by atoms with Crippen molar-refractivity contribution in [2.75, 3.05) is 7.05 Å². The van der Waals surface area contributed by atoms with Gasteiger partial charge in [-0.05, 0) is 12.0 Å². The molecule has 2 rings (SSSR count). The van der Waals surface area contributed by atoms with E-state index in [2.05, 4.69) is 29.9 Å². The molecule has 0 spiro atoms. The van der Waals surface area contributed by atoms with E-state index in [0.717, 1.165) is 16.8 Å². The molecule has 2 aromatic carbocycles. The third-order valence-corrected chi connectivity index (χ3v) is 5.43. The van der Waals surface area contributed by atoms with Gasteiger partial charge in [0.05, 0.1) is 5.71 Å². The SMILES string of the molecule is CN(N=C(CCC(=O)c1ccccc1)c1ccccc1)[SiH](C)C. The maximum Gasteiger partial charge on any atom is 0.163 e. The van der Waals surface area contributed by atoms with Crippen molar-refractivity contribution in [3.63, 3.8) is 0 Å². The molecule has 0 N–H and O–H groups in total. The summed E-state index contributed by atoms with van der Waals surface area (Å²) in [5.41, 5.74) is 2.85. The molecule has 0 fully saturated rings. The van der Waals surface area contributed by atoms with Gasteiger partial charge in [-0.3, -0.25) is 4.79 Å². The van der Waals surface area contributed by atoms with Gasteiger partial charge in [0.1, 0.15) is 0 Å². The average molecular weight is 325 g/mol. The zero-order chi connectivity index (χ0) is 16.7. The number of hydrogen-bond donors (Lipinski definition) is 0. The lowest BCUT2D eigenvalue weighted by Gasteiger charge is -2.19. The summed E-state index contributed by atoms with van der Waals surface area (Å²) in [6.07, 6.45) is 1.13. The molecule has 4 heteroatoms. The number of carbonyl (C=O) groups is 1. The summed E-state index contributed by atoms with van der Waals surface area (Å²) >= 11 is 0. The van der Waals surface area contributed by atoms with Crippen LogP contribution in [0.4, 0.5) is 0 Å². The van der Waals surface area contributed by atoms with Gasteiger partial charge in [0, 0.05) is 19.0 Å². The summed E-state index contributed by atoms with van der Waals surface area (Å²) in [5, 5.41) is 4.77. The van der Waals surface area contributed by atoms with Gasteiger partial charge in [-0.2, -0.15) is 5.10 Å². The molecule has 0 radical (unpaired) electrons. The van der Waals surface area contributed by atoms with Gasteiger partial charge in [-0.15, -0.1) is 0 Å². The second kappa shape index (κ2) is 8.43. The summed E-state index contributed by atoms with van der Waals surface area (Å²) in [6, 6.07) is 19.6. The fourth-order valence-electron chi connectivity index (χ4n) is 2.19. The van der Waals surface area contributed by atoms with Gasteiger partial charge in [0.15, 0.2) is 14.7 Å². The predicted octanol–water partition coefficient (Wildman–Crippen LogP) is 3.97. The minimum atomic E-state index is -0.993. The number of benzene rings is 2. The molecule has 0 atom stereocenters. The highest BCUT2D eigenvalue weighted by atomic mass is 28.3. The topological polar surface area (TPSA) is 32.7 Å². The summed E-state index contributed by atoms with van der Waals surface area (Å²) in [6.45, 7) is 4.47.